The summed E-state index contributed by atoms with van der Waals surface area (Å²) in [6, 6.07) is 0.0898. The van der Waals surface area contributed by atoms with E-state index in [1.54, 1.807) is 0 Å². The Morgan fingerprint density at radius 3 is 1.65 bits per heavy atom. The van der Waals surface area contributed by atoms with Crippen LogP contribution in [0.15, 0.2) is 6.07 Å². The fraction of sp³-hybridized carbons (Fsp3) is 0. The lowest BCUT2D eigenvalue weighted by molar-refractivity contribution is 0.0681. The van der Waals surface area contributed by atoms with Crippen molar-refractivity contribution in [1.82, 2.24) is 0 Å². The van der Waals surface area contributed by atoms with Gasteiger partial charge in [-0.05, 0) is 6.07 Å². The number of aromatic carboxylic acids is 2. The zero-order valence-electron chi connectivity index (χ0n) is 10.6. The number of carbonyl (C=O) groups is 4. The third kappa shape index (κ3) is 3.84. The summed E-state index contributed by atoms with van der Waals surface area (Å²) in [5.74, 6) is -8.12. The van der Waals surface area contributed by atoms with Crippen LogP contribution in [0.2, 0.25) is 0 Å². The summed E-state index contributed by atoms with van der Waals surface area (Å²) < 4.78 is 35.4. The van der Waals surface area contributed by atoms with E-state index in [4.69, 9.17) is 20.4 Å². The van der Waals surface area contributed by atoms with E-state index >= 15 is 0 Å². The largest absolute Gasteiger partial charge is 0.642 e. The van der Waals surface area contributed by atoms with Crippen LogP contribution in [-0.4, -0.2) is 51.8 Å². The number of halogens is 2. The number of rotatable bonds is 5. The van der Waals surface area contributed by atoms with Crippen LogP contribution in [0.25, 0.3) is 0 Å². The van der Waals surface area contributed by atoms with Crippen molar-refractivity contribution < 1.29 is 57.7 Å². The lowest BCUT2D eigenvalue weighted by Crippen LogP contribution is -2.44. The average Bonchev–Trinajstić information content (AvgIpc) is 2.34. The van der Waals surface area contributed by atoms with Gasteiger partial charge in [0.15, 0.2) is 5.82 Å². The van der Waals surface area contributed by atoms with Crippen LogP contribution in [-0.2, 0) is 9.31 Å². The summed E-state index contributed by atoms with van der Waals surface area (Å²) >= 11 is 0. The average molecular weight is 334 g/mol. The first-order chi connectivity index (χ1) is 10.6. The number of hydrogen-bond acceptors (Lipinski definition) is 6. The van der Waals surface area contributed by atoms with E-state index in [1.165, 1.54) is 0 Å². The molecular formula is C10H5BF2O10. The fourth-order valence-electron chi connectivity index (χ4n) is 1.57. The Morgan fingerprint density at radius 2 is 1.30 bits per heavy atom. The second kappa shape index (κ2) is 6.59. The smallest absolute Gasteiger partial charge is 0.478 e. The van der Waals surface area contributed by atoms with E-state index in [2.05, 4.69) is 9.31 Å². The SMILES string of the molecule is O=C(O)OB(OC(=O)O)c1cc(F)c(C(=O)O)c(F)c1C(=O)O. The summed E-state index contributed by atoms with van der Waals surface area (Å²) in [5.41, 5.74) is -4.32. The second-order valence-corrected chi connectivity index (χ2v) is 3.72. The van der Waals surface area contributed by atoms with Gasteiger partial charge in [-0.25, -0.2) is 28.0 Å². The van der Waals surface area contributed by atoms with Crippen molar-refractivity contribution >= 4 is 36.8 Å². The molecule has 0 bridgehead atoms. The first kappa shape index (κ1) is 17.7. The zero-order valence-corrected chi connectivity index (χ0v) is 10.6. The maximum absolute atomic E-state index is 13.9. The Kier molecular flexibility index (Phi) is 5.07. The molecule has 0 amide bonds. The third-order valence-electron chi connectivity index (χ3n) is 2.35. The molecule has 0 fully saturated rings. The summed E-state index contributed by atoms with van der Waals surface area (Å²) in [5, 5.41) is 34.4. The molecule has 0 aliphatic carbocycles. The van der Waals surface area contributed by atoms with Gasteiger partial charge >= 0.3 is 31.4 Å². The summed E-state index contributed by atoms with van der Waals surface area (Å²) in [4.78, 5) is 42.7. The zero-order chi connectivity index (χ0) is 17.9. The van der Waals surface area contributed by atoms with Gasteiger partial charge < -0.3 is 29.7 Å². The van der Waals surface area contributed by atoms with Crippen molar-refractivity contribution in [3.8, 4) is 0 Å². The number of carboxylic acids is 2. The van der Waals surface area contributed by atoms with Crippen LogP contribution in [0.4, 0.5) is 18.4 Å². The molecule has 0 heterocycles. The third-order valence-corrected chi connectivity index (χ3v) is 2.35. The highest BCUT2D eigenvalue weighted by molar-refractivity contribution is 6.65. The molecule has 122 valence electrons. The number of carboxylic acid groups (broad SMARTS) is 4. The molecule has 0 aliphatic heterocycles. The van der Waals surface area contributed by atoms with Crippen molar-refractivity contribution in [2.24, 2.45) is 0 Å². The summed E-state index contributed by atoms with van der Waals surface area (Å²) in [7, 11) is -2.55. The predicted octanol–water partition coefficient (Wildman–Crippen LogP) is 0.446. The van der Waals surface area contributed by atoms with Gasteiger partial charge in [0, 0.05) is 5.46 Å². The van der Waals surface area contributed by atoms with Crippen molar-refractivity contribution in [3.05, 3.63) is 28.8 Å². The van der Waals surface area contributed by atoms with Crippen molar-refractivity contribution in [2.45, 2.75) is 0 Å². The van der Waals surface area contributed by atoms with E-state index in [9.17, 15) is 28.0 Å². The monoisotopic (exact) mass is 334 g/mol. The van der Waals surface area contributed by atoms with Gasteiger partial charge in [-0.1, -0.05) is 0 Å². The van der Waals surface area contributed by atoms with Crippen molar-refractivity contribution in [3.63, 3.8) is 0 Å². The first-order valence-electron chi connectivity index (χ1n) is 5.33. The van der Waals surface area contributed by atoms with Crippen LogP contribution in [0.3, 0.4) is 0 Å². The predicted molar refractivity (Wildman–Crippen MR) is 63.9 cm³/mol. The lowest BCUT2D eigenvalue weighted by atomic mass is 9.74. The van der Waals surface area contributed by atoms with Gasteiger partial charge in [0.25, 0.3) is 0 Å². The highest BCUT2D eigenvalue weighted by atomic mass is 19.1. The van der Waals surface area contributed by atoms with Crippen molar-refractivity contribution in [2.75, 3.05) is 0 Å². The highest BCUT2D eigenvalue weighted by Gasteiger charge is 2.39. The minimum absolute atomic E-state index is 0.0898. The molecule has 0 saturated heterocycles. The van der Waals surface area contributed by atoms with E-state index < -0.39 is 59.6 Å². The molecule has 1 aromatic carbocycles. The Morgan fingerprint density at radius 1 is 0.870 bits per heavy atom. The second-order valence-electron chi connectivity index (χ2n) is 3.72. The molecule has 4 N–H and O–H groups in total. The minimum atomic E-state index is -2.55. The molecule has 0 saturated carbocycles. The van der Waals surface area contributed by atoms with Crippen LogP contribution in [0.5, 0.6) is 0 Å². The van der Waals surface area contributed by atoms with E-state index in [1.807, 2.05) is 0 Å². The maximum atomic E-state index is 13.9. The van der Waals surface area contributed by atoms with E-state index in [0.717, 1.165) is 0 Å². The molecule has 0 aliphatic rings. The molecule has 10 nitrogen and oxygen atoms in total. The van der Waals surface area contributed by atoms with Crippen molar-refractivity contribution in [1.29, 1.82) is 0 Å². The first-order valence-corrected chi connectivity index (χ1v) is 5.33. The lowest BCUT2D eigenvalue weighted by Gasteiger charge is -2.14. The molecular weight excluding hydrogens is 329 g/mol. The van der Waals surface area contributed by atoms with Gasteiger partial charge in [0.05, 0.1) is 5.56 Å². The molecule has 1 rings (SSSR count). The standard InChI is InChI=1S/C10H5BF2O10/c12-3-1-2(11(22-9(18)19)23-10(20)21)4(7(14)15)6(13)5(3)8(16)17/h1H,(H,14,15)(H,16,17)(H,18,19)(H,20,21). The molecule has 0 atom stereocenters. The van der Waals surface area contributed by atoms with Crippen LogP contribution < -0.4 is 5.46 Å². The van der Waals surface area contributed by atoms with Crippen LogP contribution >= 0.6 is 0 Å². The Labute approximate surface area is 124 Å². The molecule has 13 heteroatoms. The van der Waals surface area contributed by atoms with Gasteiger partial charge in [-0.2, -0.15) is 0 Å². The van der Waals surface area contributed by atoms with E-state index in [-0.39, 0.29) is 6.07 Å². The summed E-state index contributed by atoms with van der Waals surface area (Å²) in [6.45, 7) is 0. The van der Waals surface area contributed by atoms with E-state index in [0.29, 0.717) is 0 Å². The van der Waals surface area contributed by atoms with Gasteiger partial charge in [0.1, 0.15) is 11.4 Å². The Balaban J connectivity index is 3.66. The topological polar surface area (TPSA) is 168 Å². The normalized spacial score (nSPS) is 9.83. The molecule has 1 aromatic rings. The van der Waals surface area contributed by atoms with Crippen LogP contribution in [0.1, 0.15) is 20.7 Å². The maximum Gasteiger partial charge on any atom is 0.642 e. The highest BCUT2D eigenvalue weighted by Crippen LogP contribution is 2.17. The Bertz CT molecular complexity index is 687. The molecule has 0 radical (unpaired) electrons. The number of hydrogen-bond donors (Lipinski definition) is 4. The number of benzene rings is 1. The molecule has 0 unspecified atom stereocenters. The summed E-state index contributed by atoms with van der Waals surface area (Å²) in [6.07, 6.45) is -4.29. The van der Waals surface area contributed by atoms with Gasteiger partial charge in [-0.15, -0.1) is 0 Å². The quantitative estimate of drug-likeness (QED) is 0.555. The molecule has 0 spiro atoms. The molecule has 23 heavy (non-hydrogen) atoms. The Hall–Kier alpha value is -3.38. The molecule has 0 aromatic heterocycles. The fourth-order valence-corrected chi connectivity index (χ4v) is 1.57. The van der Waals surface area contributed by atoms with Crippen LogP contribution in [0, 0.1) is 11.6 Å². The van der Waals surface area contributed by atoms with Gasteiger partial charge in [-0.3, -0.25) is 0 Å². The minimum Gasteiger partial charge on any atom is -0.478 e. The van der Waals surface area contributed by atoms with Gasteiger partial charge in [0.2, 0.25) is 0 Å².